The highest BCUT2D eigenvalue weighted by atomic mass is 16.2. The maximum absolute atomic E-state index is 14.2. The molecule has 4 heterocycles. The second-order valence-corrected chi connectivity index (χ2v) is 10.7. The number of rotatable bonds is 3. The lowest BCUT2D eigenvalue weighted by molar-refractivity contribution is 0.0155. The molecule has 3 aliphatic rings. The van der Waals surface area contributed by atoms with Gasteiger partial charge in [-0.3, -0.25) is 9.69 Å². The van der Waals surface area contributed by atoms with E-state index in [9.17, 15) is 4.79 Å². The van der Waals surface area contributed by atoms with E-state index >= 15 is 0 Å². The summed E-state index contributed by atoms with van der Waals surface area (Å²) in [5.74, 6) is 0.117. The van der Waals surface area contributed by atoms with Crippen LogP contribution < -0.4 is 0 Å². The van der Waals surface area contributed by atoms with Gasteiger partial charge in [0.2, 0.25) is 0 Å². The summed E-state index contributed by atoms with van der Waals surface area (Å²) in [5.41, 5.74) is 4.04. The van der Waals surface area contributed by atoms with Crippen LogP contribution in [0.2, 0.25) is 0 Å². The molecule has 2 aliphatic heterocycles. The average molecular weight is 443 g/mol. The van der Waals surface area contributed by atoms with E-state index in [4.69, 9.17) is 4.98 Å². The van der Waals surface area contributed by atoms with Crippen molar-refractivity contribution in [3.8, 4) is 0 Å². The number of likely N-dealkylation sites (tertiary alicyclic amines) is 2. The number of fused-ring (bicyclic) bond motifs is 2. The Bertz CT molecular complexity index is 1190. The molecule has 1 amide bonds. The third-order valence-electron chi connectivity index (χ3n) is 8.97. The monoisotopic (exact) mass is 442 g/mol. The van der Waals surface area contributed by atoms with E-state index in [2.05, 4.69) is 67.1 Å². The van der Waals surface area contributed by atoms with Crippen molar-refractivity contribution in [1.82, 2.24) is 19.2 Å². The highest BCUT2D eigenvalue weighted by molar-refractivity contribution is 5.94. The molecule has 1 aromatic carbocycles. The lowest BCUT2D eigenvalue weighted by atomic mass is 9.69. The summed E-state index contributed by atoms with van der Waals surface area (Å²) in [6.45, 7) is 4.52. The minimum atomic E-state index is 0.117. The van der Waals surface area contributed by atoms with Crippen LogP contribution >= 0.6 is 0 Å². The number of amides is 1. The van der Waals surface area contributed by atoms with Crippen LogP contribution in [0.5, 0.6) is 0 Å². The van der Waals surface area contributed by atoms with Gasteiger partial charge >= 0.3 is 0 Å². The number of hydrogen-bond acceptors (Lipinski definition) is 3. The normalized spacial score (nSPS) is 31.7. The van der Waals surface area contributed by atoms with Crippen LogP contribution in [0.3, 0.4) is 0 Å². The summed E-state index contributed by atoms with van der Waals surface area (Å²) < 4.78 is 2.04. The number of carbonyl (C=O) groups is 1. The average Bonchev–Trinajstić information content (AvgIpc) is 3.31. The van der Waals surface area contributed by atoms with Gasteiger partial charge in [-0.25, -0.2) is 4.98 Å². The number of hydrogen-bond donors (Lipinski definition) is 0. The van der Waals surface area contributed by atoms with Crippen molar-refractivity contribution >= 4 is 11.6 Å². The standard InChI is InChI=1S/C28H34N4O/c1-19-10-9-15-26-29-21(18-31(19)26)27(33)32-23-17-28(2)24(13-7-8-14-25(28)32)30(3)22(23)16-20-11-5-4-6-12-20/h4-6,9-12,15,18,22-25H,7-8,13-14,16-17H2,1-3H3/t22-,23-,24+,25-,28+/m0/s1. The molecule has 0 spiro atoms. The first-order valence-corrected chi connectivity index (χ1v) is 12.5. The van der Waals surface area contributed by atoms with Gasteiger partial charge in [0, 0.05) is 41.5 Å². The fraction of sp³-hybridized carbons (Fsp3) is 0.500. The highest BCUT2D eigenvalue weighted by Gasteiger charge is 2.62. The molecule has 0 unspecified atom stereocenters. The molecule has 33 heavy (non-hydrogen) atoms. The van der Waals surface area contributed by atoms with Crippen LogP contribution in [-0.4, -0.2) is 56.3 Å². The molecule has 172 valence electrons. The minimum absolute atomic E-state index is 0.117. The molecule has 2 aromatic heterocycles. The van der Waals surface area contributed by atoms with E-state index in [-0.39, 0.29) is 23.4 Å². The van der Waals surface area contributed by atoms with Gasteiger partial charge < -0.3 is 9.30 Å². The van der Waals surface area contributed by atoms with Crippen molar-refractivity contribution in [2.45, 2.75) is 76.5 Å². The Labute approximate surface area is 196 Å². The number of carbonyl (C=O) groups excluding carboxylic acids is 1. The maximum Gasteiger partial charge on any atom is 0.274 e. The fourth-order valence-corrected chi connectivity index (χ4v) is 7.37. The fourth-order valence-electron chi connectivity index (χ4n) is 7.37. The van der Waals surface area contributed by atoms with Crippen LogP contribution in [-0.2, 0) is 6.42 Å². The van der Waals surface area contributed by atoms with Gasteiger partial charge in [0.1, 0.15) is 11.3 Å². The first kappa shape index (κ1) is 20.9. The second kappa shape index (κ2) is 7.69. The molecule has 0 radical (unpaired) electrons. The SMILES string of the molecule is Cc1cccc2nc(C(=O)N3[C@H]4CCCC[C@H]5N(C)[C@@H](Cc6ccccc6)[C@@H]3C[C@@]45C)cn12. The van der Waals surface area contributed by atoms with Crippen LogP contribution in [0, 0.1) is 12.3 Å². The topological polar surface area (TPSA) is 40.9 Å². The molecule has 6 rings (SSSR count). The summed E-state index contributed by atoms with van der Waals surface area (Å²) in [6, 6.07) is 18.2. The third-order valence-corrected chi connectivity index (χ3v) is 8.97. The summed E-state index contributed by atoms with van der Waals surface area (Å²) in [7, 11) is 2.31. The molecule has 3 aromatic rings. The largest absolute Gasteiger partial charge is 0.329 e. The summed E-state index contributed by atoms with van der Waals surface area (Å²) >= 11 is 0. The van der Waals surface area contributed by atoms with Crippen LogP contribution in [0.25, 0.3) is 5.65 Å². The van der Waals surface area contributed by atoms with Gasteiger partial charge in [-0.1, -0.05) is 56.2 Å². The number of nitrogens with zero attached hydrogens (tertiary/aromatic N) is 4. The van der Waals surface area contributed by atoms with Gasteiger partial charge in [0.25, 0.3) is 5.91 Å². The van der Waals surface area contributed by atoms with E-state index in [1.807, 2.05) is 22.7 Å². The second-order valence-electron chi connectivity index (χ2n) is 10.7. The Hall–Kier alpha value is -2.66. The van der Waals surface area contributed by atoms with E-state index < -0.39 is 0 Å². The van der Waals surface area contributed by atoms with Gasteiger partial charge in [0.15, 0.2) is 0 Å². The molecule has 5 heteroatoms. The lowest BCUT2D eigenvalue weighted by Gasteiger charge is -2.49. The van der Waals surface area contributed by atoms with E-state index in [0.29, 0.717) is 17.8 Å². The third kappa shape index (κ3) is 3.16. The van der Waals surface area contributed by atoms with Crippen LogP contribution in [0.4, 0.5) is 0 Å². The quantitative estimate of drug-likeness (QED) is 0.589. The van der Waals surface area contributed by atoms with Gasteiger partial charge in [-0.05, 0) is 57.4 Å². The van der Waals surface area contributed by atoms with Crippen molar-refractivity contribution < 1.29 is 4.79 Å². The zero-order valence-corrected chi connectivity index (χ0v) is 19.9. The van der Waals surface area contributed by atoms with E-state index in [0.717, 1.165) is 30.6 Å². The maximum atomic E-state index is 14.2. The summed E-state index contributed by atoms with van der Waals surface area (Å²) in [4.78, 5) is 23.9. The lowest BCUT2D eigenvalue weighted by Crippen LogP contribution is -2.58. The molecule has 5 nitrogen and oxygen atoms in total. The number of pyridine rings is 1. The molecule has 2 bridgehead atoms. The van der Waals surface area contributed by atoms with Crippen molar-refractivity contribution in [3.05, 3.63) is 71.7 Å². The Morgan fingerprint density at radius 2 is 1.82 bits per heavy atom. The Morgan fingerprint density at radius 1 is 1.06 bits per heavy atom. The van der Waals surface area contributed by atoms with Crippen LogP contribution in [0.1, 0.15) is 60.8 Å². The number of imidazole rings is 1. The molecular formula is C28H34N4O. The summed E-state index contributed by atoms with van der Waals surface area (Å²) in [6.07, 6.45) is 8.82. The number of benzene rings is 1. The highest BCUT2D eigenvalue weighted by Crippen LogP contribution is 2.55. The Kier molecular flexibility index (Phi) is 4.88. The van der Waals surface area contributed by atoms with Crippen LogP contribution in [0.15, 0.2) is 54.7 Å². The number of likely N-dealkylation sites (N-methyl/N-ethyl adjacent to an activating group) is 1. The first-order chi connectivity index (χ1) is 16.0. The smallest absolute Gasteiger partial charge is 0.274 e. The molecule has 1 aliphatic carbocycles. The predicted octanol–water partition coefficient (Wildman–Crippen LogP) is 4.73. The molecule has 2 saturated heterocycles. The van der Waals surface area contributed by atoms with Crippen molar-refractivity contribution in [3.63, 3.8) is 0 Å². The predicted molar refractivity (Wildman–Crippen MR) is 130 cm³/mol. The van der Waals surface area contributed by atoms with Crippen molar-refractivity contribution in [2.75, 3.05) is 7.05 Å². The molecule has 1 saturated carbocycles. The number of aromatic nitrogens is 2. The first-order valence-electron chi connectivity index (χ1n) is 12.5. The summed E-state index contributed by atoms with van der Waals surface area (Å²) in [5, 5.41) is 0. The zero-order chi connectivity index (χ0) is 22.7. The Balaban J connectivity index is 1.42. The molecule has 5 atom stereocenters. The minimum Gasteiger partial charge on any atom is -0.329 e. The Morgan fingerprint density at radius 3 is 2.58 bits per heavy atom. The molecular weight excluding hydrogens is 408 g/mol. The number of piperidine rings is 1. The van der Waals surface area contributed by atoms with Crippen molar-refractivity contribution in [1.29, 1.82) is 0 Å². The van der Waals surface area contributed by atoms with E-state index in [1.165, 1.54) is 24.8 Å². The molecule has 3 fully saturated rings. The number of aryl methyl sites for hydroxylation is 1. The zero-order valence-electron chi connectivity index (χ0n) is 19.9. The molecule has 0 N–H and O–H groups in total. The van der Waals surface area contributed by atoms with Gasteiger partial charge in [0.05, 0.1) is 0 Å². The van der Waals surface area contributed by atoms with Gasteiger partial charge in [-0.2, -0.15) is 0 Å². The van der Waals surface area contributed by atoms with E-state index in [1.54, 1.807) is 0 Å². The van der Waals surface area contributed by atoms with Crippen molar-refractivity contribution in [2.24, 2.45) is 5.41 Å². The van der Waals surface area contributed by atoms with Gasteiger partial charge in [-0.15, -0.1) is 0 Å².